The highest BCUT2D eigenvalue weighted by Crippen LogP contribution is 2.30. The number of hydrogen-bond acceptors (Lipinski definition) is 5. The van der Waals surface area contributed by atoms with Crippen LogP contribution in [0.25, 0.3) is 0 Å². The molecule has 1 rings (SSSR count). The zero-order valence-electron chi connectivity index (χ0n) is 17.8. The molecule has 0 aliphatic carbocycles. The fraction of sp³-hybridized carbons (Fsp3) is 0.500. The Balaban J connectivity index is 2.23. The topological polar surface area (TPSA) is 49.3 Å². The van der Waals surface area contributed by atoms with E-state index in [1.54, 1.807) is 12.3 Å². The van der Waals surface area contributed by atoms with Crippen LogP contribution in [0.2, 0.25) is 0 Å². The van der Waals surface area contributed by atoms with Gasteiger partial charge >= 0.3 is 0 Å². The molecule has 0 bridgehead atoms. The van der Waals surface area contributed by atoms with Crippen LogP contribution in [0, 0.1) is 6.92 Å². The van der Waals surface area contributed by atoms with Crippen LogP contribution in [0.5, 0.6) is 11.5 Å². The maximum absolute atomic E-state index is 6.04. The van der Waals surface area contributed by atoms with Crippen molar-refractivity contribution in [3.8, 4) is 11.5 Å². The van der Waals surface area contributed by atoms with Gasteiger partial charge in [0.05, 0.1) is 19.4 Å². The fourth-order valence-electron chi connectivity index (χ4n) is 2.58. The number of rotatable bonds is 16. The quantitative estimate of drug-likeness (QED) is 0.134. The van der Waals surface area contributed by atoms with Gasteiger partial charge in [-0.3, -0.25) is 0 Å². The Morgan fingerprint density at radius 1 is 0.903 bits per heavy atom. The maximum Gasteiger partial charge on any atom is 0.138 e. The molecule has 0 amide bonds. The number of aryl methyl sites for hydroxylation is 2. The van der Waals surface area contributed by atoms with Gasteiger partial charge in [-0.15, -0.1) is 0 Å². The third-order valence-electron chi connectivity index (χ3n) is 4.03. The van der Waals surface area contributed by atoms with Gasteiger partial charge in [0.15, 0.2) is 0 Å². The molecule has 0 heterocycles. The lowest BCUT2D eigenvalue weighted by molar-refractivity contribution is 0.152. The van der Waals surface area contributed by atoms with Crippen LogP contribution in [0.1, 0.15) is 37.3 Å². The van der Waals surface area contributed by atoms with E-state index in [1.807, 2.05) is 19.1 Å². The summed E-state index contributed by atoms with van der Waals surface area (Å²) in [5.74, 6) is 1.71. The molecule has 0 atom stereocenters. The molecule has 0 unspecified atom stereocenters. The molecule has 0 spiro atoms. The van der Waals surface area contributed by atoms with Crippen molar-refractivity contribution in [3.05, 3.63) is 44.4 Å². The van der Waals surface area contributed by atoms with Gasteiger partial charge in [-0.05, 0) is 68.0 Å². The molecule has 0 aliphatic rings. The first-order valence-corrected chi connectivity index (χ1v) is 11.6. The van der Waals surface area contributed by atoms with E-state index in [9.17, 15) is 0 Å². The smallest absolute Gasteiger partial charge is 0.138 e. The van der Waals surface area contributed by atoms with Gasteiger partial charge < -0.3 is 19.0 Å². The first-order valence-electron chi connectivity index (χ1n) is 10.1. The van der Waals surface area contributed by atoms with Gasteiger partial charge in [0.2, 0.25) is 0 Å². The second kappa shape index (κ2) is 17.4. The van der Waals surface area contributed by atoms with Crippen molar-refractivity contribution < 1.29 is 19.0 Å². The standard InChI is InChI=1S/C22H29Cl4NO4/c1-3-18-16-19(29-12-7-20(23)24)15-17(2)22(18)30-11-6-4-5-10-28-14-9-27-31-13-8-21(25)26/h7-9,15-16H,3-6,10-14H2,1-2H3/b27-9+. The lowest BCUT2D eigenvalue weighted by atomic mass is 10.1. The molecule has 0 radical (unpaired) electrons. The summed E-state index contributed by atoms with van der Waals surface area (Å²) < 4.78 is 17.5. The molecule has 1 aromatic rings. The summed E-state index contributed by atoms with van der Waals surface area (Å²) in [4.78, 5) is 4.92. The van der Waals surface area contributed by atoms with Crippen LogP contribution in [0.15, 0.2) is 38.4 Å². The Bertz CT molecular complexity index is 730. The molecule has 0 aromatic heterocycles. The summed E-state index contributed by atoms with van der Waals surface area (Å²) in [6, 6.07) is 3.96. The predicted molar refractivity (Wildman–Crippen MR) is 130 cm³/mol. The van der Waals surface area contributed by atoms with E-state index >= 15 is 0 Å². The number of unbranched alkanes of at least 4 members (excludes halogenated alkanes) is 2. The zero-order valence-corrected chi connectivity index (χ0v) is 20.9. The minimum atomic E-state index is 0.157. The summed E-state index contributed by atoms with van der Waals surface area (Å²) in [5, 5.41) is 3.72. The number of ether oxygens (including phenoxy) is 3. The monoisotopic (exact) mass is 511 g/mol. The van der Waals surface area contributed by atoms with Crippen molar-refractivity contribution in [1.82, 2.24) is 0 Å². The van der Waals surface area contributed by atoms with Gasteiger partial charge in [-0.1, -0.05) is 58.5 Å². The number of hydrogen-bond donors (Lipinski definition) is 0. The van der Waals surface area contributed by atoms with E-state index < -0.39 is 0 Å². The van der Waals surface area contributed by atoms with Crippen molar-refractivity contribution in [2.75, 3.05) is 33.0 Å². The number of benzene rings is 1. The molecule has 174 valence electrons. The summed E-state index contributed by atoms with van der Waals surface area (Å²) in [6.45, 7) is 6.38. The molecule has 0 aliphatic heterocycles. The van der Waals surface area contributed by atoms with Gasteiger partial charge in [0.25, 0.3) is 0 Å². The third kappa shape index (κ3) is 13.8. The number of nitrogens with zero attached hydrogens (tertiary/aromatic N) is 1. The lowest BCUT2D eigenvalue weighted by Crippen LogP contribution is -2.04. The average molecular weight is 513 g/mol. The Morgan fingerprint density at radius 3 is 2.32 bits per heavy atom. The van der Waals surface area contributed by atoms with Crippen LogP contribution >= 0.6 is 46.4 Å². The Kier molecular flexibility index (Phi) is 15.7. The van der Waals surface area contributed by atoms with Crippen LogP contribution < -0.4 is 9.47 Å². The van der Waals surface area contributed by atoms with E-state index in [0.717, 1.165) is 48.3 Å². The SMILES string of the molecule is CCc1cc(OCC=C(Cl)Cl)cc(C)c1OCCCCCOC/C=N/OCC=C(Cl)Cl. The minimum Gasteiger partial charge on any atom is -0.493 e. The molecule has 0 saturated heterocycles. The van der Waals surface area contributed by atoms with Crippen LogP contribution in [0.3, 0.4) is 0 Å². The zero-order chi connectivity index (χ0) is 22.9. The summed E-state index contributed by atoms with van der Waals surface area (Å²) in [6.07, 6.45) is 8.44. The van der Waals surface area contributed by atoms with Crippen LogP contribution in [0.4, 0.5) is 0 Å². The van der Waals surface area contributed by atoms with Crippen molar-refractivity contribution >= 4 is 52.6 Å². The highest BCUT2D eigenvalue weighted by atomic mass is 35.5. The van der Waals surface area contributed by atoms with E-state index in [4.69, 9.17) is 65.5 Å². The summed E-state index contributed by atoms with van der Waals surface area (Å²) in [5.41, 5.74) is 2.16. The van der Waals surface area contributed by atoms with E-state index in [-0.39, 0.29) is 15.6 Å². The van der Waals surface area contributed by atoms with E-state index in [1.165, 1.54) is 6.08 Å². The second-order valence-corrected chi connectivity index (χ2v) is 8.46. The molecular weight excluding hydrogens is 484 g/mol. The van der Waals surface area contributed by atoms with Gasteiger partial charge in [0, 0.05) is 6.61 Å². The molecule has 5 nitrogen and oxygen atoms in total. The summed E-state index contributed by atoms with van der Waals surface area (Å²) in [7, 11) is 0. The Morgan fingerprint density at radius 2 is 1.61 bits per heavy atom. The highest BCUT2D eigenvalue weighted by Gasteiger charge is 2.09. The van der Waals surface area contributed by atoms with E-state index in [2.05, 4.69) is 12.1 Å². The fourth-order valence-corrected chi connectivity index (χ4v) is 2.84. The van der Waals surface area contributed by atoms with E-state index in [0.29, 0.717) is 26.4 Å². The molecule has 1 aromatic carbocycles. The van der Waals surface area contributed by atoms with Crippen LogP contribution in [-0.2, 0) is 16.0 Å². The molecular formula is C22H29Cl4NO4. The first-order chi connectivity index (χ1) is 14.9. The predicted octanol–water partition coefficient (Wildman–Crippen LogP) is 7.14. The van der Waals surface area contributed by atoms with Crippen molar-refractivity contribution in [2.45, 2.75) is 39.5 Å². The largest absolute Gasteiger partial charge is 0.493 e. The first kappa shape index (κ1) is 27.9. The Labute approximate surface area is 204 Å². The Hall–Kier alpha value is -1.11. The molecule has 31 heavy (non-hydrogen) atoms. The normalized spacial score (nSPS) is 10.8. The van der Waals surface area contributed by atoms with Crippen molar-refractivity contribution in [2.24, 2.45) is 5.16 Å². The maximum atomic E-state index is 6.04. The van der Waals surface area contributed by atoms with Crippen LogP contribution in [-0.4, -0.2) is 39.2 Å². The second-order valence-electron chi connectivity index (χ2n) is 6.45. The van der Waals surface area contributed by atoms with Gasteiger partial charge in [-0.25, -0.2) is 0 Å². The summed E-state index contributed by atoms with van der Waals surface area (Å²) >= 11 is 22.1. The van der Waals surface area contributed by atoms with Gasteiger partial charge in [0.1, 0.15) is 33.7 Å². The average Bonchev–Trinajstić information content (AvgIpc) is 2.71. The molecule has 0 saturated carbocycles. The molecule has 0 fully saturated rings. The van der Waals surface area contributed by atoms with Crippen molar-refractivity contribution in [1.29, 1.82) is 0 Å². The van der Waals surface area contributed by atoms with Gasteiger partial charge in [-0.2, -0.15) is 0 Å². The highest BCUT2D eigenvalue weighted by molar-refractivity contribution is 6.56. The lowest BCUT2D eigenvalue weighted by Gasteiger charge is -2.15. The number of oxime groups is 1. The molecule has 9 heteroatoms. The third-order valence-corrected chi connectivity index (χ3v) is 4.64. The number of halogens is 4. The minimum absolute atomic E-state index is 0.157. The molecule has 0 N–H and O–H groups in total. The van der Waals surface area contributed by atoms with Crippen molar-refractivity contribution in [3.63, 3.8) is 0 Å².